The van der Waals surface area contributed by atoms with Crippen molar-refractivity contribution in [2.45, 2.75) is 63.8 Å². The van der Waals surface area contributed by atoms with Gasteiger partial charge in [-0.15, -0.1) is 0 Å². The highest BCUT2D eigenvalue weighted by Gasteiger charge is 2.33. The van der Waals surface area contributed by atoms with Crippen LogP contribution in [-0.2, 0) is 12.8 Å². The number of carbonyl (C=O) groups excluding carboxylic acids is 1. The minimum atomic E-state index is 0.0829. The molecule has 1 atom stereocenters. The van der Waals surface area contributed by atoms with Crippen LogP contribution in [0, 0.1) is 0 Å². The third-order valence-corrected chi connectivity index (χ3v) is 6.60. The molecular formula is C23H29N5O. The molecule has 2 fully saturated rings. The van der Waals surface area contributed by atoms with E-state index in [9.17, 15) is 4.79 Å². The van der Waals surface area contributed by atoms with Crippen LogP contribution in [0.3, 0.4) is 0 Å². The van der Waals surface area contributed by atoms with E-state index in [2.05, 4.69) is 16.0 Å². The average molecular weight is 392 g/mol. The Morgan fingerprint density at radius 1 is 0.966 bits per heavy atom. The van der Waals surface area contributed by atoms with Crippen LogP contribution in [0.1, 0.15) is 78.3 Å². The summed E-state index contributed by atoms with van der Waals surface area (Å²) >= 11 is 0. The maximum Gasteiger partial charge on any atom is 0.273 e. The number of piperidine rings is 1. The molecule has 1 amide bonds. The molecular weight excluding hydrogens is 362 g/mol. The van der Waals surface area contributed by atoms with Crippen molar-refractivity contribution in [3.05, 3.63) is 47.0 Å². The zero-order chi connectivity index (χ0) is 19.6. The summed E-state index contributed by atoms with van der Waals surface area (Å²) in [7, 11) is 0. The number of fused-ring (bicyclic) bond motifs is 1. The number of pyridine rings is 1. The van der Waals surface area contributed by atoms with Crippen molar-refractivity contribution in [3.63, 3.8) is 0 Å². The molecule has 0 radical (unpaired) electrons. The second-order valence-electron chi connectivity index (χ2n) is 8.50. The first-order valence-corrected chi connectivity index (χ1v) is 11.2. The largest absolute Gasteiger partial charge is 0.341 e. The number of aromatic nitrogens is 3. The van der Waals surface area contributed by atoms with E-state index in [1.54, 1.807) is 6.20 Å². The highest BCUT2D eigenvalue weighted by atomic mass is 16.2. The SMILES string of the molecule is O=C(c1nc(N2CCCC2)nc2c1CCCC2)N1CCCC[C@H]1c1cccnc1. The predicted molar refractivity (Wildman–Crippen MR) is 112 cm³/mol. The lowest BCUT2D eigenvalue weighted by molar-refractivity contribution is 0.0603. The number of hydrogen-bond donors (Lipinski definition) is 0. The third kappa shape index (κ3) is 3.61. The van der Waals surface area contributed by atoms with Gasteiger partial charge in [-0.1, -0.05) is 6.07 Å². The van der Waals surface area contributed by atoms with Gasteiger partial charge in [-0.25, -0.2) is 9.97 Å². The summed E-state index contributed by atoms with van der Waals surface area (Å²) in [4.78, 5) is 32.2. The van der Waals surface area contributed by atoms with E-state index in [-0.39, 0.29) is 11.9 Å². The van der Waals surface area contributed by atoms with Crippen LogP contribution >= 0.6 is 0 Å². The fourth-order valence-electron chi connectivity index (χ4n) is 5.05. The lowest BCUT2D eigenvalue weighted by Crippen LogP contribution is -2.40. The molecule has 152 valence electrons. The fourth-order valence-corrected chi connectivity index (χ4v) is 5.05. The molecule has 6 heteroatoms. The van der Waals surface area contributed by atoms with E-state index in [1.165, 1.54) is 12.8 Å². The van der Waals surface area contributed by atoms with Gasteiger partial charge in [-0.3, -0.25) is 9.78 Å². The molecule has 6 nitrogen and oxygen atoms in total. The maximum atomic E-state index is 13.8. The molecule has 4 heterocycles. The number of carbonyl (C=O) groups is 1. The van der Waals surface area contributed by atoms with Crippen LogP contribution in [0.15, 0.2) is 24.5 Å². The molecule has 0 saturated carbocycles. The molecule has 5 rings (SSSR count). The Bertz CT molecular complexity index is 878. The Balaban J connectivity index is 1.53. The van der Waals surface area contributed by atoms with Crippen molar-refractivity contribution in [2.75, 3.05) is 24.5 Å². The molecule has 29 heavy (non-hydrogen) atoms. The van der Waals surface area contributed by atoms with Gasteiger partial charge in [0, 0.05) is 43.3 Å². The number of hydrogen-bond acceptors (Lipinski definition) is 5. The van der Waals surface area contributed by atoms with Crippen LogP contribution in [0.5, 0.6) is 0 Å². The Hall–Kier alpha value is -2.50. The molecule has 2 aliphatic heterocycles. The second kappa shape index (κ2) is 8.09. The number of rotatable bonds is 3. The Morgan fingerprint density at radius 2 is 1.79 bits per heavy atom. The fraction of sp³-hybridized carbons (Fsp3) is 0.565. The molecule has 2 aromatic rings. The first-order valence-electron chi connectivity index (χ1n) is 11.2. The monoisotopic (exact) mass is 391 g/mol. The number of anilines is 1. The minimum Gasteiger partial charge on any atom is -0.341 e. The summed E-state index contributed by atoms with van der Waals surface area (Å²) in [5.41, 5.74) is 3.99. The number of nitrogens with zero attached hydrogens (tertiary/aromatic N) is 5. The van der Waals surface area contributed by atoms with Crippen LogP contribution in [0.25, 0.3) is 0 Å². The summed E-state index contributed by atoms with van der Waals surface area (Å²) in [5, 5.41) is 0. The summed E-state index contributed by atoms with van der Waals surface area (Å²) in [6.07, 6.45) is 13.4. The van der Waals surface area contributed by atoms with Crippen molar-refractivity contribution in [2.24, 2.45) is 0 Å². The minimum absolute atomic E-state index is 0.0829. The Morgan fingerprint density at radius 3 is 2.62 bits per heavy atom. The van der Waals surface area contributed by atoms with E-state index in [0.717, 1.165) is 87.3 Å². The number of aryl methyl sites for hydroxylation is 1. The summed E-state index contributed by atoms with van der Waals surface area (Å²) in [6, 6.07) is 4.15. The summed E-state index contributed by atoms with van der Waals surface area (Å²) in [5.74, 6) is 0.848. The topological polar surface area (TPSA) is 62.2 Å². The van der Waals surface area contributed by atoms with Crippen LogP contribution < -0.4 is 4.90 Å². The van der Waals surface area contributed by atoms with Gasteiger partial charge in [-0.05, 0) is 69.4 Å². The molecule has 0 unspecified atom stereocenters. The van der Waals surface area contributed by atoms with Crippen molar-refractivity contribution in [3.8, 4) is 0 Å². The lowest BCUT2D eigenvalue weighted by Gasteiger charge is -2.36. The first-order chi connectivity index (χ1) is 14.3. The highest BCUT2D eigenvalue weighted by molar-refractivity contribution is 5.94. The van der Waals surface area contributed by atoms with Crippen LogP contribution in [-0.4, -0.2) is 45.4 Å². The van der Waals surface area contributed by atoms with Crippen molar-refractivity contribution < 1.29 is 4.79 Å². The summed E-state index contributed by atoms with van der Waals surface area (Å²) in [6.45, 7) is 2.78. The second-order valence-corrected chi connectivity index (χ2v) is 8.50. The number of amides is 1. The van der Waals surface area contributed by atoms with Crippen LogP contribution in [0.4, 0.5) is 5.95 Å². The van der Waals surface area contributed by atoms with E-state index >= 15 is 0 Å². The van der Waals surface area contributed by atoms with Gasteiger partial charge in [0.2, 0.25) is 5.95 Å². The quantitative estimate of drug-likeness (QED) is 0.798. The van der Waals surface area contributed by atoms with E-state index in [1.807, 2.05) is 17.2 Å². The zero-order valence-corrected chi connectivity index (χ0v) is 17.0. The highest BCUT2D eigenvalue weighted by Crippen LogP contribution is 2.33. The van der Waals surface area contributed by atoms with Gasteiger partial charge in [-0.2, -0.15) is 0 Å². The molecule has 0 bridgehead atoms. The van der Waals surface area contributed by atoms with E-state index < -0.39 is 0 Å². The van der Waals surface area contributed by atoms with Crippen LogP contribution in [0.2, 0.25) is 0 Å². The van der Waals surface area contributed by atoms with E-state index in [4.69, 9.17) is 9.97 Å². The van der Waals surface area contributed by atoms with Gasteiger partial charge in [0.25, 0.3) is 5.91 Å². The van der Waals surface area contributed by atoms with Crippen molar-refractivity contribution >= 4 is 11.9 Å². The smallest absolute Gasteiger partial charge is 0.273 e. The van der Waals surface area contributed by atoms with Gasteiger partial charge < -0.3 is 9.80 Å². The van der Waals surface area contributed by atoms with Gasteiger partial charge >= 0.3 is 0 Å². The van der Waals surface area contributed by atoms with Crippen molar-refractivity contribution in [1.82, 2.24) is 19.9 Å². The third-order valence-electron chi connectivity index (χ3n) is 6.60. The number of likely N-dealkylation sites (tertiary alicyclic amines) is 1. The molecule has 2 aromatic heterocycles. The van der Waals surface area contributed by atoms with E-state index in [0.29, 0.717) is 5.69 Å². The molecule has 0 N–H and O–H groups in total. The predicted octanol–water partition coefficient (Wildman–Crippen LogP) is 3.72. The molecule has 3 aliphatic rings. The summed E-state index contributed by atoms with van der Waals surface area (Å²) < 4.78 is 0. The average Bonchev–Trinajstić information content (AvgIpc) is 3.33. The van der Waals surface area contributed by atoms with Gasteiger partial charge in [0.05, 0.1) is 6.04 Å². The van der Waals surface area contributed by atoms with Gasteiger partial charge in [0.1, 0.15) is 5.69 Å². The zero-order valence-electron chi connectivity index (χ0n) is 17.0. The molecule has 2 saturated heterocycles. The van der Waals surface area contributed by atoms with Gasteiger partial charge in [0.15, 0.2) is 0 Å². The lowest BCUT2D eigenvalue weighted by atomic mass is 9.92. The standard InChI is InChI=1S/C23H29N5O/c29-22(28-15-4-3-11-20(28)17-8-7-12-24-16-17)21-18-9-1-2-10-19(18)25-23(26-21)27-13-5-6-14-27/h7-8,12,16,20H,1-6,9-11,13-15H2/t20-/m0/s1. The maximum absolute atomic E-state index is 13.8. The Labute approximate surface area is 172 Å². The molecule has 0 aromatic carbocycles. The normalized spacial score (nSPS) is 21.9. The first kappa shape index (κ1) is 18.5. The Kier molecular flexibility index (Phi) is 5.17. The molecule has 1 aliphatic carbocycles. The molecule has 0 spiro atoms. The van der Waals surface area contributed by atoms with Crippen molar-refractivity contribution in [1.29, 1.82) is 0 Å².